The molecule has 0 unspecified atom stereocenters. The van der Waals surface area contributed by atoms with Gasteiger partial charge >= 0.3 is 0 Å². The van der Waals surface area contributed by atoms with Crippen LogP contribution in [0.1, 0.15) is 11.1 Å². The predicted octanol–water partition coefficient (Wildman–Crippen LogP) is 5.13. The van der Waals surface area contributed by atoms with Crippen molar-refractivity contribution in [3.8, 4) is 23.0 Å². The minimum Gasteiger partial charge on any atom is -0.486 e. The Balaban J connectivity index is 1.55. The van der Waals surface area contributed by atoms with Crippen molar-refractivity contribution in [3.63, 3.8) is 0 Å². The number of sulfone groups is 1. The van der Waals surface area contributed by atoms with E-state index in [1.54, 1.807) is 24.3 Å². The van der Waals surface area contributed by atoms with Crippen molar-refractivity contribution < 1.29 is 22.6 Å². The summed E-state index contributed by atoms with van der Waals surface area (Å²) in [5.74, 6) is 2.12. The van der Waals surface area contributed by atoms with E-state index in [1.807, 2.05) is 42.5 Å². The molecular weight excluding hydrogens is 456 g/mol. The Kier molecular flexibility index (Phi) is 5.78. The normalized spacial score (nSPS) is 13.1. The van der Waals surface area contributed by atoms with E-state index in [4.69, 9.17) is 14.2 Å². The molecule has 0 saturated heterocycles. The smallest absolute Gasteiger partial charge is 0.162 e. The van der Waals surface area contributed by atoms with Gasteiger partial charge in [-0.2, -0.15) is 0 Å². The third kappa shape index (κ3) is 4.92. The average Bonchev–Trinajstić information content (AvgIpc) is 2.70. The minimum atomic E-state index is -3.46. The van der Waals surface area contributed by atoms with Crippen molar-refractivity contribution in [2.24, 2.45) is 0 Å². The van der Waals surface area contributed by atoms with Crippen molar-refractivity contribution in [2.45, 2.75) is 11.5 Å². The zero-order valence-corrected chi connectivity index (χ0v) is 17.9. The highest BCUT2D eigenvalue weighted by molar-refractivity contribution is 9.10. The summed E-state index contributed by atoms with van der Waals surface area (Å²) in [5, 5.41) is 0. The Bertz CT molecular complexity index is 1110. The van der Waals surface area contributed by atoms with Crippen LogP contribution in [0.4, 0.5) is 0 Å². The summed E-state index contributed by atoms with van der Waals surface area (Å²) in [7, 11) is -3.46. The van der Waals surface area contributed by atoms with E-state index < -0.39 is 9.84 Å². The lowest BCUT2D eigenvalue weighted by Gasteiger charge is -2.20. The van der Waals surface area contributed by atoms with Gasteiger partial charge in [-0.05, 0) is 35.9 Å². The number of hydrogen-bond donors (Lipinski definition) is 0. The van der Waals surface area contributed by atoms with Crippen LogP contribution < -0.4 is 14.2 Å². The molecular formula is C22H19BrO5S. The Labute approximate surface area is 178 Å². The van der Waals surface area contributed by atoms with Gasteiger partial charge in [0.2, 0.25) is 0 Å². The molecule has 0 fully saturated rings. The number of hydrogen-bond acceptors (Lipinski definition) is 5. The van der Waals surface area contributed by atoms with Crippen LogP contribution >= 0.6 is 15.9 Å². The topological polar surface area (TPSA) is 61.8 Å². The predicted molar refractivity (Wildman–Crippen MR) is 114 cm³/mol. The Morgan fingerprint density at radius 1 is 0.828 bits per heavy atom. The van der Waals surface area contributed by atoms with E-state index in [0.717, 1.165) is 0 Å². The number of benzene rings is 3. The number of para-hydroxylation sites is 2. The summed E-state index contributed by atoms with van der Waals surface area (Å²) in [5.41, 5.74) is 1.25. The monoisotopic (exact) mass is 474 g/mol. The van der Waals surface area contributed by atoms with Crippen molar-refractivity contribution >= 4 is 25.8 Å². The van der Waals surface area contributed by atoms with Crippen molar-refractivity contribution in [3.05, 3.63) is 82.3 Å². The lowest BCUT2D eigenvalue weighted by molar-refractivity contribution is 0.171. The maximum absolute atomic E-state index is 12.9. The van der Waals surface area contributed by atoms with Gasteiger partial charge in [-0.1, -0.05) is 52.3 Å². The third-order valence-electron chi connectivity index (χ3n) is 4.41. The average molecular weight is 475 g/mol. The third-order valence-corrected chi connectivity index (χ3v) is 6.65. The van der Waals surface area contributed by atoms with Gasteiger partial charge in [0.05, 0.1) is 11.5 Å². The number of halogens is 1. The molecule has 0 saturated carbocycles. The van der Waals surface area contributed by atoms with Crippen LogP contribution in [-0.2, 0) is 21.3 Å². The fraction of sp³-hybridized carbons (Fsp3) is 0.182. The molecule has 29 heavy (non-hydrogen) atoms. The van der Waals surface area contributed by atoms with Gasteiger partial charge in [-0.15, -0.1) is 0 Å². The molecule has 0 radical (unpaired) electrons. The molecule has 3 aromatic rings. The quantitative estimate of drug-likeness (QED) is 0.495. The zero-order valence-electron chi connectivity index (χ0n) is 15.5. The highest BCUT2D eigenvalue weighted by atomic mass is 79.9. The highest BCUT2D eigenvalue weighted by Gasteiger charge is 2.21. The Hall–Kier alpha value is -2.51. The maximum atomic E-state index is 12.9. The van der Waals surface area contributed by atoms with Crippen LogP contribution in [-0.4, -0.2) is 21.6 Å². The van der Waals surface area contributed by atoms with Crippen LogP contribution in [0, 0.1) is 0 Å². The van der Waals surface area contributed by atoms with Crippen molar-refractivity contribution in [1.29, 1.82) is 0 Å². The Morgan fingerprint density at radius 2 is 1.45 bits per heavy atom. The minimum absolute atomic E-state index is 0.121. The lowest BCUT2D eigenvalue weighted by Crippen LogP contribution is -2.16. The molecule has 1 aliphatic rings. The fourth-order valence-corrected chi connectivity index (χ4v) is 5.25. The van der Waals surface area contributed by atoms with Gasteiger partial charge in [0.1, 0.15) is 24.7 Å². The summed E-state index contributed by atoms with van der Waals surface area (Å²) in [6.45, 7) is 0.931. The van der Waals surface area contributed by atoms with Gasteiger partial charge in [-0.25, -0.2) is 8.42 Å². The van der Waals surface area contributed by atoms with E-state index in [9.17, 15) is 8.42 Å². The molecule has 0 bridgehead atoms. The van der Waals surface area contributed by atoms with E-state index in [1.165, 1.54) is 0 Å². The van der Waals surface area contributed by atoms with Crippen LogP contribution in [0.5, 0.6) is 23.0 Å². The molecule has 4 rings (SSSR count). The van der Waals surface area contributed by atoms with Gasteiger partial charge < -0.3 is 14.2 Å². The summed E-state index contributed by atoms with van der Waals surface area (Å²) in [4.78, 5) is 0. The first-order chi connectivity index (χ1) is 14.0. The van der Waals surface area contributed by atoms with E-state index in [0.29, 0.717) is 51.8 Å². The molecule has 3 aromatic carbocycles. The first-order valence-electron chi connectivity index (χ1n) is 9.09. The standard InChI is InChI=1S/C22H19BrO5S/c23-19-13-22-21(26-10-11-27-22)12-17(19)15-29(24,25)14-16-6-4-5-9-20(16)28-18-7-2-1-3-8-18/h1-9,12-13H,10-11,14-15H2. The molecule has 0 atom stereocenters. The van der Waals surface area contributed by atoms with Crippen LogP contribution in [0.2, 0.25) is 0 Å². The lowest BCUT2D eigenvalue weighted by atomic mass is 10.2. The number of fused-ring (bicyclic) bond motifs is 1. The molecule has 0 N–H and O–H groups in total. The molecule has 1 heterocycles. The van der Waals surface area contributed by atoms with Gasteiger partial charge in [0.25, 0.3) is 0 Å². The molecule has 0 aliphatic carbocycles. The van der Waals surface area contributed by atoms with E-state index in [2.05, 4.69) is 15.9 Å². The summed E-state index contributed by atoms with van der Waals surface area (Å²) in [6, 6.07) is 20.0. The van der Waals surface area contributed by atoms with Gasteiger partial charge in [-0.3, -0.25) is 0 Å². The van der Waals surface area contributed by atoms with Gasteiger partial charge in [0.15, 0.2) is 21.3 Å². The molecule has 0 amide bonds. The second kappa shape index (κ2) is 8.47. The maximum Gasteiger partial charge on any atom is 0.162 e. The Morgan fingerprint density at radius 3 is 2.21 bits per heavy atom. The largest absolute Gasteiger partial charge is 0.486 e. The second-order valence-corrected chi connectivity index (χ2v) is 9.56. The first-order valence-corrected chi connectivity index (χ1v) is 11.7. The zero-order chi connectivity index (χ0) is 20.3. The second-order valence-electron chi connectivity index (χ2n) is 6.64. The highest BCUT2D eigenvalue weighted by Crippen LogP contribution is 2.37. The first kappa shape index (κ1) is 19.8. The van der Waals surface area contributed by atoms with Crippen LogP contribution in [0.3, 0.4) is 0 Å². The molecule has 7 heteroatoms. The molecule has 1 aliphatic heterocycles. The summed E-state index contributed by atoms with van der Waals surface area (Å²) < 4.78 is 43.6. The van der Waals surface area contributed by atoms with Gasteiger partial charge in [0, 0.05) is 10.0 Å². The van der Waals surface area contributed by atoms with E-state index in [-0.39, 0.29) is 11.5 Å². The fourth-order valence-electron chi connectivity index (χ4n) is 3.08. The molecule has 150 valence electrons. The van der Waals surface area contributed by atoms with Crippen molar-refractivity contribution in [2.75, 3.05) is 13.2 Å². The van der Waals surface area contributed by atoms with E-state index >= 15 is 0 Å². The summed E-state index contributed by atoms with van der Waals surface area (Å²) in [6.07, 6.45) is 0. The van der Waals surface area contributed by atoms with Crippen LogP contribution in [0.15, 0.2) is 71.2 Å². The molecule has 5 nitrogen and oxygen atoms in total. The number of ether oxygens (including phenoxy) is 3. The van der Waals surface area contributed by atoms with Crippen LogP contribution in [0.25, 0.3) is 0 Å². The molecule has 0 aromatic heterocycles. The summed E-state index contributed by atoms with van der Waals surface area (Å²) >= 11 is 3.45. The SMILES string of the molecule is O=S(=O)(Cc1cc2c(cc1Br)OCCO2)Cc1ccccc1Oc1ccccc1. The molecule has 0 spiro atoms. The van der Waals surface area contributed by atoms with Crippen molar-refractivity contribution in [1.82, 2.24) is 0 Å². The number of rotatable bonds is 6.